The summed E-state index contributed by atoms with van der Waals surface area (Å²) < 4.78 is 0. The van der Waals surface area contributed by atoms with Crippen molar-refractivity contribution < 1.29 is 47.9 Å². The molecule has 0 fully saturated rings. The Kier molecular flexibility index (Phi) is 39.5. The molecule has 0 radical (unpaired) electrons. The molecule has 0 unspecified atom stereocenters. The maximum Gasteiger partial charge on any atom is 0.243 e. The highest BCUT2D eigenvalue weighted by Crippen LogP contribution is 2.16. The van der Waals surface area contributed by atoms with Crippen LogP contribution < -0.4 is 82.3 Å². The van der Waals surface area contributed by atoms with E-state index in [1.807, 2.05) is 62.3 Å². The van der Waals surface area contributed by atoms with E-state index in [-0.39, 0.29) is 81.6 Å². The summed E-state index contributed by atoms with van der Waals surface area (Å²) in [5.41, 5.74) is 34.4. The Morgan fingerprint density at radius 3 is 0.840 bits per heavy atom. The molecule has 81 heavy (non-hydrogen) atoms. The number of carbonyl (C=O) groups excluding carboxylic acids is 10. The normalized spacial score (nSPS) is 15.2. The molecule has 0 aromatic rings. The molecule has 0 aliphatic carbocycles. The van der Waals surface area contributed by atoms with Crippen molar-refractivity contribution in [3.63, 3.8) is 0 Å². The van der Waals surface area contributed by atoms with Crippen molar-refractivity contribution >= 4 is 59.1 Å². The summed E-state index contributed by atoms with van der Waals surface area (Å²) in [4.78, 5) is 138. The molecule has 10 atom stereocenters. The van der Waals surface area contributed by atoms with Crippen molar-refractivity contribution in [2.24, 2.45) is 64.0 Å². The zero-order chi connectivity index (χ0) is 61.8. The third-order valence-electron chi connectivity index (χ3n) is 13.7. The van der Waals surface area contributed by atoms with Gasteiger partial charge >= 0.3 is 0 Å². The van der Waals surface area contributed by atoms with Crippen LogP contribution in [0.2, 0.25) is 0 Å². The summed E-state index contributed by atoms with van der Waals surface area (Å²) >= 11 is 0. The van der Waals surface area contributed by atoms with E-state index in [0.29, 0.717) is 84.0 Å². The van der Waals surface area contributed by atoms with E-state index in [0.717, 1.165) is 0 Å². The lowest BCUT2D eigenvalue weighted by Crippen LogP contribution is -2.61. The minimum absolute atomic E-state index is 0.00206. The largest absolute Gasteiger partial charge is 0.368 e. The molecule has 21 N–H and O–H groups in total. The van der Waals surface area contributed by atoms with Gasteiger partial charge in [0, 0.05) is 0 Å². The van der Waals surface area contributed by atoms with E-state index < -0.39 is 119 Å². The number of nitrogens with one attached hydrogen (secondary N) is 9. The fraction of sp³-hybridized carbons (Fsp3) is 0.821. The maximum atomic E-state index is 14.5. The Hall–Kier alpha value is -5.50. The van der Waals surface area contributed by atoms with Gasteiger partial charge in [-0.15, -0.1) is 0 Å². The van der Waals surface area contributed by atoms with Crippen molar-refractivity contribution in [3.05, 3.63) is 0 Å². The van der Waals surface area contributed by atoms with Crippen LogP contribution in [0.25, 0.3) is 0 Å². The van der Waals surface area contributed by atoms with Gasteiger partial charge in [0.25, 0.3) is 0 Å². The van der Waals surface area contributed by atoms with Gasteiger partial charge in [-0.25, -0.2) is 0 Å². The second-order valence-electron chi connectivity index (χ2n) is 23.2. The van der Waals surface area contributed by atoms with Gasteiger partial charge in [0.15, 0.2) is 0 Å². The van der Waals surface area contributed by atoms with Crippen molar-refractivity contribution in [2.75, 3.05) is 32.7 Å². The standard InChI is InChI=1S/C56H109N15O10/c1-11-37(10)47(56(81)67-40(22-14-18-26-59)50(75)64-39(21-13-17-25-58)51(76)69-45(31-36(8)9)55(80)68-42(48(62)73)28-33(2)3)71-52(77)41(23-15-19-27-60)65-49(74)38(20-12-16-24-57)66-54(79)44(30-35(6)7)70-53(78)43(29-34(4)5)63-46(72)32-61/h33-45,47H,11-32,57-61H2,1-10H3,(H2,62,73)(H,63,72)(H,64,75)(H,65,74)(H,66,79)(H,67,81)(H,68,80)(H,69,76)(H,70,78)(H,71,77)/t37-,38-,39-,40-,41-,42-,43-,44-,45-,47-/m0/s1. The van der Waals surface area contributed by atoms with Crippen LogP contribution in [0.15, 0.2) is 0 Å². The Morgan fingerprint density at radius 2 is 0.568 bits per heavy atom. The first-order valence-electron chi connectivity index (χ1n) is 29.7. The number of hydrogen-bond acceptors (Lipinski definition) is 15. The number of amides is 10. The van der Waals surface area contributed by atoms with Crippen LogP contribution in [0.5, 0.6) is 0 Å². The third-order valence-corrected chi connectivity index (χ3v) is 13.7. The van der Waals surface area contributed by atoms with E-state index in [1.54, 1.807) is 6.92 Å². The van der Waals surface area contributed by atoms with Gasteiger partial charge < -0.3 is 82.3 Å². The molecule has 0 aliphatic heterocycles. The minimum atomic E-state index is -1.23. The molecule has 0 saturated heterocycles. The summed E-state index contributed by atoms with van der Waals surface area (Å²) in [6.45, 7) is 19.4. The molecule has 0 aromatic carbocycles. The topological polar surface area (TPSA) is 435 Å². The summed E-state index contributed by atoms with van der Waals surface area (Å²) in [6, 6.07) is -10.2. The molecule has 0 rings (SSSR count). The SMILES string of the molecule is CC[C@H](C)[C@H](NC(=O)[C@H](CCCCN)NC(=O)[C@H](CCCCN)NC(=O)[C@H](CC(C)C)NC(=O)[C@H](CC(C)C)NC(=O)CN)C(=O)N[C@@H](CCCCN)C(=O)N[C@@H](CCCCN)C(=O)N[C@@H](CC(C)C)C(=O)N[C@@H](CC(C)C)C(N)=O. The van der Waals surface area contributed by atoms with E-state index in [9.17, 15) is 47.9 Å². The van der Waals surface area contributed by atoms with Crippen LogP contribution in [0.3, 0.4) is 0 Å². The van der Waals surface area contributed by atoms with Gasteiger partial charge in [0.1, 0.15) is 54.4 Å². The molecule has 0 spiro atoms. The van der Waals surface area contributed by atoms with Crippen molar-refractivity contribution in [3.8, 4) is 0 Å². The molecule has 10 amide bonds. The van der Waals surface area contributed by atoms with Gasteiger partial charge in [0.05, 0.1) is 6.54 Å². The fourth-order valence-electron chi connectivity index (χ4n) is 8.98. The zero-order valence-electron chi connectivity index (χ0n) is 50.7. The Bertz CT molecular complexity index is 1930. The maximum absolute atomic E-state index is 14.5. The number of primary amides is 1. The van der Waals surface area contributed by atoms with E-state index >= 15 is 0 Å². The molecule has 0 aliphatic rings. The number of unbranched alkanes of at least 4 members (excludes halogenated alkanes) is 4. The Morgan fingerprint density at radius 1 is 0.321 bits per heavy atom. The number of hydrogen-bond donors (Lipinski definition) is 15. The second-order valence-corrected chi connectivity index (χ2v) is 23.2. The fourth-order valence-corrected chi connectivity index (χ4v) is 8.98. The first-order chi connectivity index (χ1) is 38.2. The van der Waals surface area contributed by atoms with Gasteiger partial charge in [-0.05, 0) is 159 Å². The van der Waals surface area contributed by atoms with Crippen LogP contribution in [-0.2, 0) is 47.9 Å². The van der Waals surface area contributed by atoms with Gasteiger partial charge in [-0.2, -0.15) is 0 Å². The van der Waals surface area contributed by atoms with Crippen LogP contribution in [-0.4, -0.2) is 146 Å². The highest BCUT2D eigenvalue weighted by atomic mass is 16.2. The molecule has 25 nitrogen and oxygen atoms in total. The summed E-state index contributed by atoms with van der Waals surface area (Å²) in [6.07, 6.45) is 5.52. The van der Waals surface area contributed by atoms with Crippen molar-refractivity contribution in [2.45, 2.75) is 233 Å². The van der Waals surface area contributed by atoms with Crippen LogP contribution >= 0.6 is 0 Å². The lowest BCUT2D eigenvalue weighted by Gasteiger charge is -2.30. The van der Waals surface area contributed by atoms with E-state index in [1.165, 1.54) is 0 Å². The van der Waals surface area contributed by atoms with E-state index in [4.69, 9.17) is 34.4 Å². The predicted molar refractivity (Wildman–Crippen MR) is 315 cm³/mol. The molecule has 0 heterocycles. The minimum Gasteiger partial charge on any atom is -0.368 e. The summed E-state index contributed by atoms with van der Waals surface area (Å²) in [5.74, 6) is -7.20. The highest BCUT2D eigenvalue weighted by molar-refractivity contribution is 5.98. The summed E-state index contributed by atoms with van der Waals surface area (Å²) in [7, 11) is 0. The molecular weight excluding hydrogens is 1040 g/mol. The zero-order valence-corrected chi connectivity index (χ0v) is 50.7. The number of rotatable bonds is 45. The van der Waals surface area contributed by atoms with Gasteiger partial charge in [-0.1, -0.05) is 75.7 Å². The number of carbonyl (C=O) groups is 10. The molecule has 0 saturated carbocycles. The second kappa shape index (κ2) is 42.3. The van der Waals surface area contributed by atoms with Crippen molar-refractivity contribution in [1.82, 2.24) is 47.9 Å². The first kappa shape index (κ1) is 75.5. The molecule has 0 aromatic heterocycles. The molecular formula is C56H109N15O10. The first-order valence-corrected chi connectivity index (χ1v) is 29.7. The average molecular weight is 1150 g/mol. The average Bonchev–Trinajstić information content (AvgIpc) is 3.39. The van der Waals surface area contributed by atoms with Crippen molar-refractivity contribution in [1.29, 1.82) is 0 Å². The highest BCUT2D eigenvalue weighted by Gasteiger charge is 2.37. The third kappa shape index (κ3) is 32.1. The Labute approximate surface area is 482 Å². The van der Waals surface area contributed by atoms with Gasteiger partial charge in [0.2, 0.25) is 59.1 Å². The van der Waals surface area contributed by atoms with Crippen LogP contribution in [0.1, 0.15) is 178 Å². The quantitative estimate of drug-likeness (QED) is 0.0343. The molecule has 25 heteroatoms. The molecule has 468 valence electrons. The lowest BCUT2D eigenvalue weighted by molar-refractivity contribution is -0.137. The number of nitrogens with two attached hydrogens (primary N) is 6. The smallest absolute Gasteiger partial charge is 0.243 e. The Balaban J connectivity index is 6.98. The van der Waals surface area contributed by atoms with Gasteiger partial charge in [-0.3, -0.25) is 47.9 Å². The van der Waals surface area contributed by atoms with Crippen LogP contribution in [0.4, 0.5) is 0 Å². The van der Waals surface area contributed by atoms with Crippen LogP contribution in [0, 0.1) is 29.6 Å². The van der Waals surface area contributed by atoms with E-state index in [2.05, 4.69) is 47.9 Å². The predicted octanol–water partition coefficient (Wildman–Crippen LogP) is -0.460. The lowest BCUT2D eigenvalue weighted by atomic mass is 9.96. The summed E-state index contributed by atoms with van der Waals surface area (Å²) in [5, 5.41) is 24.9. The monoisotopic (exact) mass is 1150 g/mol. The molecule has 0 bridgehead atoms.